The highest BCUT2D eigenvalue weighted by molar-refractivity contribution is 7.91. The third kappa shape index (κ3) is 5.78. The lowest BCUT2D eigenvalue weighted by molar-refractivity contribution is -0.945. The van der Waals surface area contributed by atoms with Gasteiger partial charge >= 0.3 is 5.97 Å². The summed E-state index contributed by atoms with van der Waals surface area (Å²) in [5.41, 5.74) is 2.77. The van der Waals surface area contributed by atoms with Crippen LogP contribution in [0.15, 0.2) is 36.0 Å². The van der Waals surface area contributed by atoms with Crippen molar-refractivity contribution in [1.29, 1.82) is 0 Å². The minimum Gasteiger partial charge on any atom is -0.545 e. The molecule has 0 radical (unpaired) electrons. The molecule has 0 bridgehead atoms. The summed E-state index contributed by atoms with van der Waals surface area (Å²) in [6.07, 6.45) is 5.37. The Hall–Kier alpha value is -2.78. The number of carbonyl (C=O) groups excluding carboxylic acids is 1. The third-order valence-corrected chi connectivity index (χ3v) is 9.58. The van der Waals surface area contributed by atoms with Crippen LogP contribution in [0.2, 0.25) is 0 Å². The number of sulfone groups is 1. The molecule has 38 heavy (non-hydrogen) atoms. The highest BCUT2D eigenvalue weighted by Gasteiger charge is 2.50. The van der Waals surface area contributed by atoms with Crippen LogP contribution in [0, 0.1) is 5.92 Å². The lowest BCUT2D eigenvalue weighted by Crippen LogP contribution is -2.66. The second kappa shape index (κ2) is 10.1. The van der Waals surface area contributed by atoms with Crippen molar-refractivity contribution in [2.75, 3.05) is 39.4 Å². The molecule has 1 aliphatic heterocycles. The molecular weight excluding hydrogens is 538 g/mol. The van der Waals surface area contributed by atoms with Gasteiger partial charge < -0.3 is 24.5 Å². The fourth-order valence-electron chi connectivity index (χ4n) is 6.01. The molecule has 2 aromatic rings. The van der Waals surface area contributed by atoms with Gasteiger partial charge in [-0.1, -0.05) is 12.1 Å². The van der Waals surface area contributed by atoms with Gasteiger partial charge in [0.1, 0.15) is 18.1 Å². The van der Waals surface area contributed by atoms with Crippen LogP contribution in [0.3, 0.4) is 0 Å². The van der Waals surface area contributed by atoms with Gasteiger partial charge in [0.2, 0.25) is 0 Å². The molecule has 1 saturated heterocycles. The van der Waals surface area contributed by atoms with Gasteiger partial charge in [0.05, 0.1) is 32.4 Å². The van der Waals surface area contributed by atoms with E-state index in [0.717, 1.165) is 34.5 Å². The number of aliphatic carboxylic acids is 2. The summed E-state index contributed by atoms with van der Waals surface area (Å²) < 4.78 is 52.8. The Morgan fingerprint density at radius 1 is 1.29 bits per heavy atom. The van der Waals surface area contributed by atoms with Crippen molar-refractivity contribution >= 4 is 42.8 Å². The Kier molecular flexibility index (Phi) is 7.49. The number of piperidine rings is 1. The van der Waals surface area contributed by atoms with Gasteiger partial charge in [0, 0.05) is 47.2 Å². The minimum absolute atomic E-state index is 0.0382. The molecule has 1 aromatic heterocycles. The van der Waals surface area contributed by atoms with Crippen LogP contribution in [0.1, 0.15) is 23.5 Å². The van der Waals surface area contributed by atoms with Gasteiger partial charge in [0.25, 0.3) is 10.1 Å². The number of benzene rings is 1. The van der Waals surface area contributed by atoms with Crippen LogP contribution in [0.25, 0.3) is 10.9 Å². The van der Waals surface area contributed by atoms with E-state index in [2.05, 4.69) is 10.3 Å². The smallest absolute Gasteiger partial charge is 0.332 e. The summed E-state index contributed by atoms with van der Waals surface area (Å²) in [6, 6.07) is 5.75. The van der Waals surface area contributed by atoms with E-state index in [0.29, 0.717) is 18.9 Å². The number of carboxylic acid groups (broad SMARTS) is 2. The van der Waals surface area contributed by atoms with E-state index < -0.39 is 49.8 Å². The summed E-state index contributed by atoms with van der Waals surface area (Å²) in [5.74, 6) is -3.78. The van der Waals surface area contributed by atoms with E-state index in [-0.39, 0.29) is 35.2 Å². The number of nitrogens with zero attached hydrogens (tertiary/aromatic N) is 1. The number of hydrogen-bond donors (Lipinski definition) is 3. The molecule has 0 amide bonds. The quantitative estimate of drug-likeness (QED) is 0.188. The SMILES string of the molecule is C[N+]1(CNC(COS(C)(=O)=O)S(C)(=O)=O)CC(/C(=C\C(=O)[O-])C(=O)O)CC2c3cccc4[nH]cc(c34)C[C@H]21. The molecule has 4 unspecified atom stereocenters. The minimum atomic E-state index is -3.89. The summed E-state index contributed by atoms with van der Waals surface area (Å²) >= 11 is 0. The number of nitrogens with one attached hydrogen (secondary N) is 2. The van der Waals surface area contributed by atoms with E-state index in [9.17, 15) is 36.6 Å². The van der Waals surface area contributed by atoms with E-state index in [4.69, 9.17) is 4.18 Å². The molecule has 2 heterocycles. The number of hydrogen-bond acceptors (Lipinski definition) is 9. The summed E-state index contributed by atoms with van der Waals surface area (Å²) in [6.45, 7) is -0.378. The average molecular weight is 570 g/mol. The first-order chi connectivity index (χ1) is 17.6. The fraction of sp³-hybridized carbons (Fsp3) is 0.500. The van der Waals surface area contributed by atoms with Crippen LogP contribution < -0.4 is 10.4 Å². The van der Waals surface area contributed by atoms with Gasteiger partial charge in [-0.05, 0) is 29.7 Å². The zero-order valence-electron chi connectivity index (χ0n) is 21.2. The molecule has 1 aromatic carbocycles. The molecule has 1 fully saturated rings. The second-order valence-corrected chi connectivity index (χ2v) is 14.3. The van der Waals surface area contributed by atoms with Crippen molar-refractivity contribution in [3.63, 3.8) is 0 Å². The number of aromatic amines is 1. The number of aromatic nitrogens is 1. The lowest BCUT2D eigenvalue weighted by atomic mass is 9.69. The number of likely N-dealkylation sites (tertiary alicyclic amines) is 1. The summed E-state index contributed by atoms with van der Waals surface area (Å²) in [4.78, 5) is 26.7. The number of rotatable bonds is 10. The van der Waals surface area contributed by atoms with E-state index in [1.54, 1.807) is 0 Å². The number of carboxylic acids is 2. The maximum absolute atomic E-state index is 12.4. The monoisotopic (exact) mass is 569 g/mol. The van der Waals surface area contributed by atoms with E-state index in [1.165, 1.54) is 0 Å². The fourth-order valence-corrected chi connectivity index (χ4v) is 7.17. The van der Waals surface area contributed by atoms with E-state index >= 15 is 0 Å². The van der Waals surface area contributed by atoms with Crippen LogP contribution in [0.4, 0.5) is 0 Å². The van der Waals surface area contributed by atoms with Crippen molar-refractivity contribution < 1.29 is 45.3 Å². The number of fused-ring (bicyclic) bond motifs is 2. The predicted octanol–water partition coefficient (Wildman–Crippen LogP) is -0.702. The van der Waals surface area contributed by atoms with Crippen LogP contribution in [-0.2, 0) is 40.1 Å². The Morgan fingerprint density at radius 2 is 2.00 bits per heavy atom. The maximum Gasteiger partial charge on any atom is 0.332 e. The van der Waals surface area contributed by atoms with Crippen molar-refractivity contribution in [2.24, 2.45) is 5.92 Å². The molecule has 14 heteroatoms. The predicted molar refractivity (Wildman–Crippen MR) is 136 cm³/mol. The zero-order valence-corrected chi connectivity index (χ0v) is 22.8. The van der Waals surface area contributed by atoms with Gasteiger partial charge in [-0.3, -0.25) is 9.50 Å². The molecule has 2 aliphatic rings. The molecule has 0 saturated carbocycles. The second-order valence-electron chi connectivity index (χ2n) is 10.4. The normalized spacial score (nSPS) is 26.6. The number of likely N-dealkylation sites (N-methyl/N-ethyl adjacent to an activating group) is 1. The molecule has 12 nitrogen and oxygen atoms in total. The largest absolute Gasteiger partial charge is 0.545 e. The zero-order chi connectivity index (χ0) is 28.0. The Labute approximate surface area is 220 Å². The number of quaternary nitrogens is 1. The Bertz CT molecular complexity index is 1510. The van der Waals surface area contributed by atoms with E-state index in [1.807, 2.05) is 31.4 Å². The first-order valence-corrected chi connectivity index (χ1v) is 15.7. The summed E-state index contributed by atoms with van der Waals surface area (Å²) in [5, 5.41) is 23.9. The van der Waals surface area contributed by atoms with Gasteiger partial charge in [-0.25, -0.2) is 13.2 Å². The van der Waals surface area contributed by atoms with Gasteiger partial charge in [0.15, 0.2) is 9.84 Å². The first kappa shape index (κ1) is 28.2. The Balaban J connectivity index is 1.74. The topological polar surface area (TPSA) is 183 Å². The molecule has 4 rings (SSSR count). The molecule has 3 N–H and O–H groups in total. The van der Waals surface area contributed by atoms with Crippen molar-refractivity contribution in [2.45, 2.75) is 30.2 Å². The summed E-state index contributed by atoms with van der Waals surface area (Å²) in [7, 11) is -5.81. The average Bonchev–Trinajstić information content (AvgIpc) is 3.20. The van der Waals surface area contributed by atoms with Crippen molar-refractivity contribution in [3.05, 3.63) is 47.2 Å². The maximum atomic E-state index is 12.4. The molecular formula is C24H31N3O9S2. The number of carbonyl (C=O) groups is 2. The molecule has 5 atom stereocenters. The lowest BCUT2D eigenvalue weighted by Gasteiger charge is -2.53. The van der Waals surface area contributed by atoms with Gasteiger partial charge in [-0.2, -0.15) is 8.42 Å². The first-order valence-electron chi connectivity index (χ1n) is 11.9. The van der Waals surface area contributed by atoms with Crippen molar-refractivity contribution in [1.82, 2.24) is 10.3 Å². The van der Waals surface area contributed by atoms with Crippen LogP contribution in [-0.4, -0.2) is 94.1 Å². The molecule has 208 valence electrons. The third-order valence-electron chi connectivity index (χ3n) is 7.68. The van der Waals surface area contributed by atoms with Crippen LogP contribution >= 0.6 is 0 Å². The van der Waals surface area contributed by atoms with Gasteiger partial charge in [-0.15, -0.1) is 0 Å². The standard InChI is InChI=1S/C24H31N3O9S2/c1-27(13-26-21(37(2,32)33)12-36-38(3,34)35)11-15(17(24(30)31)9-22(28)29)7-18-16-5-4-6-19-23(16)14(10-25-19)8-20(18)27/h4-6,9-10,15,18,20-21,25-26H,7-8,11-13H2,1-3H3,(H-,28,29,30,31)/b17-9+/t15?,18?,20-,21?,27?/m1/s1. The molecule has 1 aliphatic carbocycles. The number of H-pyrrole nitrogens is 1. The molecule has 0 spiro atoms. The highest BCUT2D eigenvalue weighted by atomic mass is 32.2. The van der Waals surface area contributed by atoms with Crippen LogP contribution in [0.5, 0.6) is 0 Å². The Morgan fingerprint density at radius 3 is 2.61 bits per heavy atom. The highest BCUT2D eigenvalue weighted by Crippen LogP contribution is 2.48. The van der Waals surface area contributed by atoms with Crippen molar-refractivity contribution in [3.8, 4) is 0 Å².